The maximum Gasteiger partial charge on any atom is 0.326 e. The summed E-state index contributed by atoms with van der Waals surface area (Å²) in [6.07, 6.45) is 2.97. The lowest BCUT2D eigenvalue weighted by Gasteiger charge is -2.32. The zero-order chi connectivity index (χ0) is 19.8. The Morgan fingerprint density at radius 2 is 1.90 bits per heavy atom. The van der Waals surface area contributed by atoms with E-state index in [1.165, 1.54) is 11.0 Å². The Labute approximate surface area is 165 Å². The molecule has 1 N–H and O–H groups in total. The Morgan fingerprint density at radius 3 is 2.69 bits per heavy atom. The Hall–Kier alpha value is -3.75. The molecule has 146 valence electrons. The third-order valence-corrected chi connectivity index (χ3v) is 5.45. The fourth-order valence-electron chi connectivity index (χ4n) is 4.01. The van der Waals surface area contributed by atoms with Crippen molar-refractivity contribution in [1.82, 2.24) is 34.7 Å². The molecule has 1 saturated heterocycles. The molecule has 0 atom stereocenters. The van der Waals surface area contributed by atoms with Gasteiger partial charge in [-0.2, -0.15) is 0 Å². The molecule has 1 fully saturated rings. The minimum absolute atomic E-state index is 0.0235. The molecule has 29 heavy (non-hydrogen) atoms. The van der Waals surface area contributed by atoms with Gasteiger partial charge >= 0.3 is 5.69 Å². The lowest BCUT2D eigenvalue weighted by molar-refractivity contribution is 0.0695. The van der Waals surface area contributed by atoms with Gasteiger partial charge in [-0.15, -0.1) is 5.10 Å². The minimum Gasteiger partial charge on any atom is -0.338 e. The summed E-state index contributed by atoms with van der Waals surface area (Å²) in [7, 11) is 0. The van der Waals surface area contributed by atoms with Gasteiger partial charge in [-0.1, -0.05) is 18.2 Å². The smallest absolute Gasteiger partial charge is 0.326 e. The molecule has 5 rings (SSSR count). The highest BCUT2D eigenvalue weighted by Gasteiger charge is 2.26. The number of likely N-dealkylation sites (tertiary alicyclic amines) is 1. The number of carbonyl (C=O) groups excluding carboxylic acids is 1. The number of nitrogens with zero attached hydrogens (tertiary/aromatic N) is 6. The van der Waals surface area contributed by atoms with Crippen LogP contribution in [0.3, 0.4) is 0 Å². The highest BCUT2D eigenvalue weighted by molar-refractivity contribution is 5.94. The number of tetrazole rings is 1. The summed E-state index contributed by atoms with van der Waals surface area (Å²) < 4.78 is 3.35. The Morgan fingerprint density at radius 1 is 1.07 bits per heavy atom. The number of nitrogens with one attached hydrogen (secondary N) is 1. The SMILES string of the molecule is O=C(c1cccc(-n2cnnn2)c1)N1CCC(n2c(=O)[nH]c3ccccc32)CC1. The molecule has 0 bridgehead atoms. The number of imidazole rings is 1. The molecule has 2 aromatic heterocycles. The van der Waals surface area contributed by atoms with Crippen molar-refractivity contribution in [2.24, 2.45) is 0 Å². The molecule has 4 aromatic rings. The summed E-state index contributed by atoms with van der Waals surface area (Å²) >= 11 is 0. The number of rotatable bonds is 3. The van der Waals surface area contributed by atoms with Gasteiger partial charge in [0.05, 0.1) is 16.7 Å². The monoisotopic (exact) mass is 389 g/mol. The zero-order valence-electron chi connectivity index (χ0n) is 15.6. The molecule has 0 spiro atoms. The standard InChI is InChI=1S/C20H19N7O2/c28-19(14-4-3-5-16(12-14)26-13-21-23-24-26)25-10-8-15(9-11-25)27-18-7-2-1-6-17(18)22-20(27)29/h1-7,12-13,15H,8-11H2,(H,22,29). The number of carbonyl (C=O) groups is 1. The molecular weight excluding hydrogens is 370 g/mol. The van der Waals surface area contributed by atoms with E-state index in [0.717, 1.165) is 29.6 Å². The van der Waals surface area contributed by atoms with Gasteiger partial charge in [0.15, 0.2) is 0 Å². The molecule has 1 aliphatic heterocycles. The van der Waals surface area contributed by atoms with Crippen LogP contribution in [-0.4, -0.2) is 53.7 Å². The Bertz CT molecular complexity index is 1220. The van der Waals surface area contributed by atoms with Crippen molar-refractivity contribution in [1.29, 1.82) is 0 Å². The molecule has 9 heteroatoms. The third-order valence-electron chi connectivity index (χ3n) is 5.45. The normalized spacial score (nSPS) is 15.1. The van der Waals surface area contributed by atoms with Crippen LogP contribution in [-0.2, 0) is 0 Å². The fraction of sp³-hybridized carbons (Fsp3) is 0.250. The van der Waals surface area contributed by atoms with Crippen LogP contribution in [0.1, 0.15) is 29.2 Å². The summed E-state index contributed by atoms with van der Waals surface area (Å²) in [4.78, 5) is 30.2. The predicted octanol–water partition coefficient (Wildman–Crippen LogP) is 1.78. The topological polar surface area (TPSA) is 102 Å². The van der Waals surface area contributed by atoms with Gasteiger partial charge < -0.3 is 9.88 Å². The van der Waals surface area contributed by atoms with Crippen LogP contribution in [0.2, 0.25) is 0 Å². The average molecular weight is 389 g/mol. The lowest BCUT2D eigenvalue weighted by atomic mass is 10.0. The number of benzene rings is 2. The Kier molecular flexibility index (Phi) is 4.19. The van der Waals surface area contributed by atoms with Crippen LogP contribution in [0, 0.1) is 0 Å². The predicted molar refractivity (Wildman–Crippen MR) is 106 cm³/mol. The van der Waals surface area contributed by atoms with Crippen molar-refractivity contribution in [2.45, 2.75) is 18.9 Å². The quantitative estimate of drug-likeness (QED) is 0.576. The van der Waals surface area contributed by atoms with Gasteiger partial charge in [-0.05, 0) is 53.6 Å². The first kappa shape index (κ1) is 17.4. The highest BCUT2D eigenvalue weighted by atomic mass is 16.2. The fourth-order valence-corrected chi connectivity index (χ4v) is 4.01. The number of para-hydroxylation sites is 2. The van der Waals surface area contributed by atoms with E-state index in [9.17, 15) is 9.59 Å². The van der Waals surface area contributed by atoms with Crippen molar-refractivity contribution in [3.05, 3.63) is 70.9 Å². The second-order valence-corrected chi connectivity index (χ2v) is 7.15. The molecule has 3 heterocycles. The number of fused-ring (bicyclic) bond motifs is 1. The minimum atomic E-state index is -0.0925. The van der Waals surface area contributed by atoms with Gasteiger partial charge in [0.1, 0.15) is 6.33 Å². The molecule has 2 aromatic carbocycles. The van der Waals surface area contributed by atoms with E-state index in [0.29, 0.717) is 18.7 Å². The zero-order valence-corrected chi connectivity index (χ0v) is 15.6. The maximum atomic E-state index is 13.0. The number of amides is 1. The Balaban J connectivity index is 1.33. The average Bonchev–Trinajstić information content (AvgIpc) is 3.41. The molecule has 0 aliphatic carbocycles. The largest absolute Gasteiger partial charge is 0.338 e. The van der Waals surface area contributed by atoms with Gasteiger partial charge in [0, 0.05) is 24.7 Å². The number of aromatic nitrogens is 6. The van der Waals surface area contributed by atoms with Gasteiger partial charge in [-0.25, -0.2) is 9.48 Å². The molecule has 0 saturated carbocycles. The number of aromatic amines is 1. The van der Waals surface area contributed by atoms with Crippen LogP contribution >= 0.6 is 0 Å². The molecule has 0 radical (unpaired) electrons. The summed E-state index contributed by atoms with van der Waals surface area (Å²) in [5, 5.41) is 11.1. The van der Waals surface area contributed by atoms with Gasteiger partial charge in [0.2, 0.25) is 0 Å². The number of hydrogen-bond acceptors (Lipinski definition) is 5. The third kappa shape index (κ3) is 3.10. The van der Waals surface area contributed by atoms with E-state index in [1.54, 1.807) is 12.1 Å². The summed E-state index contributed by atoms with van der Waals surface area (Å²) in [5.74, 6) is -0.0235. The molecule has 1 amide bonds. The van der Waals surface area contributed by atoms with Crippen LogP contribution < -0.4 is 5.69 Å². The first-order valence-corrected chi connectivity index (χ1v) is 9.52. The van der Waals surface area contributed by atoms with Crippen LogP contribution in [0.15, 0.2) is 59.7 Å². The van der Waals surface area contributed by atoms with Crippen molar-refractivity contribution >= 4 is 16.9 Å². The molecular formula is C20H19N7O2. The summed E-state index contributed by atoms with van der Waals surface area (Å²) in [6, 6.07) is 15.0. The summed E-state index contributed by atoms with van der Waals surface area (Å²) in [6.45, 7) is 1.20. The number of H-pyrrole nitrogens is 1. The van der Waals surface area contributed by atoms with Crippen molar-refractivity contribution < 1.29 is 4.79 Å². The van der Waals surface area contributed by atoms with Crippen LogP contribution in [0.4, 0.5) is 0 Å². The van der Waals surface area contributed by atoms with Gasteiger partial charge in [0.25, 0.3) is 5.91 Å². The number of hydrogen-bond donors (Lipinski definition) is 1. The van der Waals surface area contributed by atoms with E-state index in [4.69, 9.17) is 0 Å². The highest BCUT2D eigenvalue weighted by Crippen LogP contribution is 2.26. The lowest BCUT2D eigenvalue weighted by Crippen LogP contribution is -2.40. The van der Waals surface area contributed by atoms with E-state index in [-0.39, 0.29) is 17.6 Å². The second kappa shape index (κ2) is 7.01. The van der Waals surface area contributed by atoms with E-state index in [2.05, 4.69) is 20.5 Å². The van der Waals surface area contributed by atoms with E-state index < -0.39 is 0 Å². The second-order valence-electron chi connectivity index (χ2n) is 7.15. The molecule has 9 nitrogen and oxygen atoms in total. The van der Waals surface area contributed by atoms with E-state index >= 15 is 0 Å². The molecule has 0 unspecified atom stereocenters. The maximum absolute atomic E-state index is 13.0. The first-order valence-electron chi connectivity index (χ1n) is 9.52. The van der Waals surface area contributed by atoms with Crippen LogP contribution in [0.5, 0.6) is 0 Å². The number of piperidine rings is 1. The summed E-state index contributed by atoms with van der Waals surface area (Å²) in [5.41, 5.74) is 3.00. The first-order chi connectivity index (χ1) is 14.2. The van der Waals surface area contributed by atoms with Crippen molar-refractivity contribution in [3.63, 3.8) is 0 Å². The van der Waals surface area contributed by atoms with Crippen molar-refractivity contribution in [2.75, 3.05) is 13.1 Å². The van der Waals surface area contributed by atoms with Gasteiger partial charge in [-0.3, -0.25) is 9.36 Å². The van der Waals surface area contributed by atoms with E-state index in [1.807, 2.05) is 45.9 Å². The van der Waals surface area contributed by atoms with Crippen LogP contribution in [0.25, 0.3) is 16.7 Å². The van der Waals surface area contributed by atoms with Crippen molar-refractivity contribution in [3.8, 4) is 5.69 Å². The molecule has 1 aliphatic rings.